The maximum absolute atomic E-state index is 13.8. The van der Waals surface area contributed by atoms with Crippen molar-refractivity contribution in [3.8, 4) is 17.2 Å². The molecule has 0 fully saturated rings. The van der Waals surface area contributed by atoms with Crippen molar-refractivity contribution in [3.05, 3.63) is 41.2 Å². The fraction of sp³-hybridized carbons (Fsp3) is 0.200. The molecule has 0 amide bonds. The first-order valence-electron chi connectivity index (χ1n) is 6.93. The highest BCUT2D eigenvalue weighted by Gasteiger charge is 2.31. The Morgan fingerprint density at radius 1 is 0.741 bits per heavy atom. The van der Waals surface area contributed by atoms with Gasteiger partial charge in [0.25, 0.3) is 10.0 Å². The van der Waals surface area contributed by atoms with E-state index in [2.05, 4.69) is 0 Å². The smallest absolute Gasteiger partial charge is 0.265 e. The van der Waals surface area contributed by atoms with Crippen molar-refractivity contribution in [2.75, 3.05) is 26.1 Å². The van der Waals surface area contributed by atoms with Crippen LogP contribution < -0.4 is 18.9 Å². The number of anilines is 1. The van der Waals surface area contributed by atoms with Gasteiger partial charge in [-0.1, -0.05) is 0 Å². The molecule has 0 bridgehead atoms. The number of halogens is 5. The van der Waals surface area contributed by atoms with Gasteiger partial charge in [-0.2, -0.15) is 0 Å². The van der Waals surface area contributed by atoms with Gasteiger partial charge in [0.2, 0.25) is 11.6 Å². The Labute approximate surface area is 150 Å². The van der Waals surface area contributed by atoms with Crippen LogP contribution in [0.2, 0.25) is 0 Å². The summed E-state index contributed by atoms with van der Waals surface area (Å²) in [6.45, 7) is 0. The number of sulfonamides is 1. The molecule has 0 aliphatic rings. The van der Waals surface area contributed by atoms with Gasteiger partial charge in [0, 0.05) is 0 Å². The minimum atomic E-state index is -4.85. The molecule has 0 aromatic heterocycles. The van der Waals surface area contributed by atoms with Crippen molar-refractivity contribution in [2.24, 2.45) is 0 Å². The van der Waals surface area contributed by atoms with Crippen LogP contribution in [0.25, 0.3) is 0 Å². The summed E-state index contributed by atoms with van der Waals surface area (Å²) in [5.74, 6) is -12.2. The van der Waals surface area contributed by atoms with Gasteiger partial charge in [-0.15, -0.1) is 0 Å². The highest BCUT2D eigenvalue weighted by Crippen LogP contribution is 2.42. The Kier molecular flexibility index (Phi) is 5.68. The summed E-state index contributed by atoms with van der Waals surface area (Å²) in [7, 11) is -1.34. The SMILES string of the molecule is COc1ccc(S(=O)(=O)Nc2c(F)c(F)c(F)c(F)c2F)c(OC)c1OC. The van der Waals surface area contributed by atoms with E-state index in [0.717, 1.165) is 19.2 Å². The van der Waals surface area contributed by atoms with Crippen LogP contribution in [0.15, 0.2) is 17.0 Å². The second kappa shape index (κ2) is 7.47. The first-order chi connectivity index (χ1) is 12.6. The number of hydrogen-bond donors (Lipinski definition) is 1. The second-order valence-electron chi connectivity index (χ2n) is 4.88. The molecule has 0 saturated heterocycles. The van der Waals surface area contributed by atoms with Crippen molar-refractivity contribution in [1.82, 2.24) is 0 Å². The average molecular weight is 413 g/mol. The van der Waals surface area contributed by atoms with Gasteiger partial charge in [-0.05, 0) is 12.1 Å². The summed E-state index contributed by atoms with van der Waals surface area (Å²) >= 11 is 0. The van der Waals surface area contributed by atoms with Gasteiger partial charge in [0.15, 0.2) is 34.8 Å². The molecule has 0 aliphatic carbocycles. The summed E-state index contributed by atoms with van der Waals surface area (Å²) in [6.07, 6.45) is 0. The molecule has 6 nitrogen and oxygen atoms in total. The molecule has 0 aliphatic heterocycles. The van der Waals surface area contributed by atoms with E-state index in [9.17, 15) is 30.4 Å². The molecule has 27 heavy (non-hydrogen) atoms. The van der Waals surface area contributed by atoms with Gasteiger partial charge >= 0.3 is 0 Å². The normalized spacial score (nSPS) is 11.3. The fourth-order valence-corrected chi connectivity index (χ4v) is 3.39. The Morgan fingerprint density at radius 2 is 1.22 bits per heavy atom. The molecular formula is C15H12F5NO5S. The molecule has 0 heterocycles. The second-order valence-corrected chi connectivity index (χ2v) is 6.53. The number of rotatable bonds is 6. The van der Waals surface area contributed by atoms with Crippen LogP contribution in [0, 0.1) is 29.1 Å². The summed E-state index contributed by atoms with van der Waals surface area (Å²) in [6, 6.07) is 2.09. The Morgan fingerprint density at radius 3 is 1.67 bits per heavy atom. The van der Waals surface area contributed by atoms with Crippen molar-refractivity contribution >= 4 is 15.7 Å². The van der Waals surface area contributed by atoms with E-state index in [-0.39, 0.29) is 11.5 Å². The number of benzene rings is 2. The molecule has 148 valence electrons. The summed E-state index contributed by atoms with van der Waals surface area (Å²) in [5, 5.41) is 0. The largest absolute Gasteiger partial charge is 0.493 e. The van der Waals surface area contributed by atoms with Gasteiger partial charge in [-0.3, -0.25) is 4.72 Å². The molecule has 0 radical (unpaired) electrons. The fourth-order valence-electron chi connectivity index (χ4n) is 2.17. The third-order valence-electron chi connectivity index (χ3n) is 3.40. The highest BCUT2D eigenvalue weighted by atomic mass is 32.2. The van der Waals surface area contributed by atoms with E-state index in [4.69, 9.17) is 14.2 Å². The van der Waals surface area contributed by atoms with Gasteiger partial charge in [0.05, 0.1) is 21.3 Å². The summed E-state index contributed by atoms with van der Waals surface area (Å²) < 4.78 is 108. The van der Waals surface area contributed by atoms with Gasteiger partial charge < -0.3 is 14.2 Å². The molecular weight excluding hydrogens is 401 g/mol. The molecule has 2 aromatic rings. The summed E-state index contributed by atoms with van der Waals surface area (Å²) in [5.41, 5.74) is -1.73. The molecule has 0 unspecified atom stereocenters. The van der Waals surface area contributed by atoms with Crippen LogP contribution in [0.4, 0.5) is 27.6 Å². The predicted molar refractivity (Wildman–Crippen MR) is 83.1 cm³/mol. The molecule has 0 saturated carbocycles. The quantitative estimate of drug-likeness (QED) is 0.447. The lowest BCUT2D eigenvalue weighted by Gasteiger charge is -2.17. The average Bonchev–Trinajstić information content (AvgIpc) is 2.66. The predicted octanol–water partition coefficient (Wildman–Crippen LogP) is 3.21. The van der Waals surface area contributed by atoms with Gasteiger partial charge in [0.1, 0.15) is 10.6 Å². The topological polar surface area (TPSA) is 73.9 Å². The van der Waals surface area contributed by atoms with E-state index in [1.54, 1.807) is 0 Å². The first-order valence-corrected chi connectivity index (χ1v) is 8.42. The Balaban J connectivity index is 2.66. The zero-order chi connectivity index (χ0) is 20.5. The van der Waals surface area contributed by atoms with E-state index >= 15 is 0 Å². The zero-order valence-electron chi connectivity index (χ0n) is 14.0. The van der Waals surface area contributed by atoms with Gasteiger partial charge in [-0.25, -0.2) is 30.4 Å². The lowest BCUT2D eigenvalue weighted by molar-refractivity contribution is 0.319. The minimum absolute atomic E-state index is 0.0736. The molecule has 1 N–H and O–H groups in total. The van der Waals surface area contributed by atoms with Crippen LogP contribution >= 0.6 is 0 Å². The van der Waals surface area contributed by atoms with Crippen LogP contribution in [0.3, 0.4) is 0 Å². The molecule has 2 aromatic carbocycles. The lowest BCUT2D eigenvalue weighted by atomic mass is 10.2. The maximum Gasteiger partial charge on any atom is 0.265 e. The number of methoxy groups -OCH3 is 3. The molecule has 0 atom stereocenters. The Bertz CT molecular complexity index is 968. The number of nitrogens with one attached hydrogen (secondary N) is 1. The monoisotopic (exact) mass is 413 g/mol. The van der Waals surface area contributed by atoms with E-state index in [1.807, 2.05) is 0 Å². The van der Waals surface area contributed by atoms with Crippen LogP contribution in [0.5, 0.6) is 17.2 Å². The third kappa shape index (κ3) is 3.44. The van der Waals surface area contributed by atoms with E-state index < -0.39 is 55.4 Å². The van der Waals surface area contributed by atoms with Crippen molar-refractivity contribution in [1.29, 1.82) is 0 Å². The molecule has 2 rings (SSSR count). The van der Waals surface area contributed by atoms with Crippen molar-refractivity contribution in [3.63, 3.8) is 0 Å². The third-order valence-corrected chi connectivity index (χ3v) is 4.78. The standard InChI is InChI=1S/C15H12F5NO5S/c1-24-6-4-5-7(15(26-3)14(6)25-2)27(22,23)21-13-11(19)9(17)8(16)10(18)12(13)20/h4-5,21H,1-3H3. The molecule has 12 heteroatoms. The minimum Gasteiger partial charge on any atom is -0.493 e. The van der Waals surface area contributed by atoms with Crippen LogP contribution in [0.1, 0.15) is 0 Å². The number of ether oxygens (including phenoxy) is 3. The first kappa shape index (κ1) is 20.6. The van der Waals surface area contributed by atoms with Crippen molar-refractivity contribution in [2.45, 2.75) is 4.90 Å². The number of hydrogen-bond acceptors (Lipinski definition) is 5. The molecule has 0 spiro atoms. The maximum atomic E-state index is 13.8. The zero-order valence-corrected chi connectivity index (χ0v) is 14.8. The van der Waals surface area contributed by atoms with Crippen LogP contribution in [-0.2, 0) is 10.0 Å². The van der Waals surface area contributed by atoms with Crippen molar-refractivity contribution < 1.29 is 44.6 Å². The van der Waals surface area contributed by atoms with Crippen LogP contribution in [-0.4, -0.2) is 29.7 Å². The highest BCUT2D eigenvalue weighted by molar-refractivity contribution is 7.92. The Hall–Kier alpha value is -2.76. The van der Waals surface area contributed by atoms with E-state index in [1.165, 1.54) is 18.9 Å². The lowest BCUT2D eigenvalue weighted by Crippen LogP contribution is -2.18. The summed E-state index contributed by atoms with van der Waals surface area (Å²) in [4.78, 5) is -0.688. The van der Waals surface area contributed by atoms with E-state index in [0.29, 0.717) is 0 Å².